The van der Waals surface area contributed by atoms with Gasteiger partial charge in [0.2, 0.25) is 5.79 Å². The van der Waals surface area contributed by atoms with E-state index in [4.69, 9.17) is 35.3 Å². The number of carbonyl (C=O) groups excluding carboxylic acids is 1. The van der Waals surface area contributed by atoms with E-state index in [2.05, 4.69) is 0 Å². The minimum absolute atomic E-state index is 0.0124. The van der Waals surface area contributed by atoms with Gasteiger partial charge in [0.05, 0.1) is 6.61 Å². The number of hydrogen-bond donors (Lipinski definition) is 0. The van der Waals surface area contributed by atoms with Gasteiger partial charge in [-0.15, -0.1) is 11.6 Å². The fraction of sp³-hybridized carbons (Fsp3) is 0.917. The molecule has 0 unspecified atom stereocenters. The van der Waals surface area contributed by atoms with Crippen molar-refractivity contribution < 1.29 is 28.5 Å². The number of alkyl halides is 1. The van der Waals surface area contributed by atoms with Crippen LogP contribution < -0.4 is 0 Å². The van der Waals surface area contributed by atoms with Crippen LogP contribution >= 0.6 is 11.6 Å². The van der Waals surface area contributed by atoms with Gasteiger partial charge in [-0.05, 0) is 6.42 Å². The van der Waals surface area contributed by atoms with E-state index >= 15 is 0 Å². The van der Waals surface area contributed by atoms with E-state index in [1.54, 1.807) is 0 Å². The first kappa shape index (κ1) is 13.7. The summed E-state index contributed by atoms with van der Waals surface area (Å²) in [6.45, 7) is 0.212. The molecule has 0 spiro atoms. The largest absolute Gasteiger partial charge is 0.351 e. The Balaban J connectivity index is 2.20. The average Bonchev–Trinajstić information content (AvgIpc) is 2.88. The van der Waals surface area contributed by atoms with Gasteiger partial charge < -0.3 is 23.7 Å². The summed E-state index contributed by atoms with van der Waals surface area (Å²) in [5, 5.41) is 0. The van der Waals surface area contributed by atoms with Gasteiger partial charge in [0, 0.05) is 27.2 Å². The Kier molecular flexibility index (Phi) is 2.98. The lowest BCUT2D eigenvalue weighted by molar-refractivity contribution is -0.398. The van der Waals surface area contributed by atoms with Crippen molar-refractivity contribution in [3.8, 4) is 0 Å². The molecule has 3 aliphatic rings. The van der Waals surface area contributed by atoms with Gasteiger partial charge in [-0.25, -0.2) is 0 Å². The lowest BCUT2D eigenvalue weighted by Gasteiger charge is -2.42. The smallest absolute Gasteiger partial charge is 0.291 e. The van der Waals surface area contributed by atoms with Crippen LogP contribution in [-0.4, -0.2) is 57.0 Å². The molecule has 2 aliphatic heterocycles. The molecular weight excluding hydrogens is 276 g/mol. The highest BCUT2D eigenvalue weighted by atomic mass is 35.5. The second kappa shape index (κ2) is 4.13. The number of ketones is 1. The molecule has 0 N–H and O–H groups in total. The molecule has 108 valence electrons. The van der Waals surface area contributed by atoms with Crippen molar-refractivity contribution >= 4 is 17.4 Å². The Bertz CT molecular complexity index is 411. The molecule has 2 heterocycles. The van der Waals surface area contributed by atoms with Gasteiger partial charge in [-0.3, -0.25) is 4.79 Å². The minimum atomic E-state index is -1.33. The van der Waals surface area contributed by atoms with Crippen LogP contribution in [0.25, 0.3) is 0 Å². The van der Waals surface area contributed by atoms with Crippen LogP contribution in [0.1, 0.15) is 6.42 Å². The Morgan fingerprint density at radius 2 is 1.89 bits per heavy atom. The second-order valence-electron chi connectivity index (χ2n) is 5.15. The Hall–Kier alpha value is -0.240. The molecule has 2 saturated heterocycles. The summed E-state index contributed by atoms with van der Waals surface area (Å²) in [7, 11) is 4.42. The van der Waals surface area contributed by atoms with Crippen molar-refractivity contribution in [2.45, 2.75) is 23.1 Å². The van der Waals surface area contributed by atoms with Crippen LogP contribution in [0.2, 0.25) is 0 Å². The molecule has 2 bridgehead atoms. The average molecular weight is 293 g/mol. The Morgan fingerprint density at radius 1 is 1.21 bits per heavy atom. The van der Waals surface area contributed by atoms with E-state index in [9.17, 15) is 4.79 Å². The van der Waals surface area contributed by atoms with Gasteiger partial charge in [-0.1, -0.05) is 0 Å². The van der Waals surface area contributed by atoms with E-state index in [0.717, 1.165) is 0 Å². The van der Waals surface area contributed by atoms with Gasteiger partial charge in [0.1, 0.15) is 12.5 Å². The highest BCUT2D eigenvalue weighted by molar-refractivity contribution is 6.36. The monoisotopic (exact) mass is 292 g/mol. The number of rotatable bonds is 3. The maximum atomic E-state index is 12.4. The van der Waals surface area contributed by atoms with Crippen LogP contribution in [0.5, 0.6) is 0 Å². The maximum Gasteiger partial charge on any atom is 0.291 e. The van der Waals surface area contributed by atoms with Crippen molar-refractivity contribution in [3.05, 3.63) is 0 Å². The van der Waals surface area contributed by atoms with E-state index < -0.39 is 22.6 Å². The third-order valence-electron chi connectivity index (χ3n) is 4.59. The van der Waals surface area contributed by atoms with Crippen LogP contribution in [0, 0.1) is 11.8 Å². The van der Waals surface area contributed by atoms with Crippen LogP contribution in [0.15, 0.2) is 0 Å². The number of carbonyl (C=O) groups is 1. The van der Waals surface area contributed by atoms with E-state index in [0.29, 0.717) is 13.0 Å². The van der Waals surface area contributed by atoms with Crippen LogP contribution in [0.3, 0.4) is 0 Å². The fourth-order valence-electron chi connectivity index (χ4n) is 3.79. The third kappa shape index (κ3) is 1.37. The van der Waals surface area contributed by atoms with Gasteiger partial charge in [-0.2, -0.15) is 0 Å². The molecule has 0 radical (unpaired) electrons. The molecule has 1 saturated carbocycles. The number of fused-ring (bicyclic) bond motifs is 1. The molecule has 6 nitrogen and oxygen atoms in total. The van der Waals surface area contributed by atoms with E-state index in [1.165, 1.54) is 21.3 Å². The summed E-state index contributed by atoms with van der Waals surface area (Å²) in [5.41, 5.74) is 0. The Morgan fingerprint density at radius 3 is 2.47 bits per heavy atom. The summed E-state index contributed by atoms with van der Waals surface area (Å²) in [6, 6.07) is 0. The summed E-state index contributed by atoms with van der Waals surface area (Å²) in [6.07, 6.45) is 0.425. The first-order chi connectivity index (χ1) is 8.99. The van der Waals surface area contributed by atoms with Crippen molar-refractivity contribution in [2.24, 2.45) is 11.8 Å². The molecule has 1 aliphatic carbocycles. The quantitative estimate of drug-likeness (QED) is 0.558. The molecule has 0 aromatic rings. The summed E-state index contributed by atoms with van der Waals surface area (Å²) in [5.74, 6) is -3.33. The van der Waals surface area contributed by atoms with Crippen molar-refractivity contribution in [3.63, 3.8) is 0 Å². The molecule has 7 heteroatoms. The first-order valence-corrected chi connectivity index (χ1v) is 6.53. The number of methoxy groups -OCH3 is 3. The molecule has 4 atom stereocenters. The van der Waals surface area contributed by atoms with Crippen molar-refractivity contribution in [2.75, 3.05) is 34.5 Å². The van der Waals surface area contributed by atoms with Gasteiger partial charge in [0.25, 0.3) is 5.97 Å². The zero-order chi connectivity index (χ0) is 13.9. The van der Waals surface area contributed by atoms with Gasteiger partial charge in [0.15, 0.2) is 10.7 Å². The summed E-state index contributed by atoms with van der Waals surface area (Å²) < 4.78 is 27.8. The number of Topliss-reactive ketones (excluding diaryl/α,β-unsaturated/α-hetero) is 1. The number of ether oxygens (including phenoxy) is 5. The van der Waals surface area contributed by atoms with Gasteiger partial charge >= 0.3 is 0 Å². The zero-order valence-corrected chi connectivity index (χ0v) is 11.9. The molecule has 3 rings (SSSR count). The standard InChI is InChI=1S/C12H17ClO6/c1-15-11(16-2)9-7-4-10(11,13)8(14)6-19-12(9,17-3)18-5-7/h7,9H,4-6H2,1-3H3/t7-,9+,10-,12+/m1/s1. The summed E-state index contributed by atoms with van der Waals surface area (Å²) in [4.78, 5) is 11.1. The second-order valence-corrected chi connectivity index (χ2v) is 5.79. The maximum absolute atomic E-state index is 12.4. The molecular formula is C12H17ClO6. The molecule has 0 amide bonds. The van der Waals surface area contributed by atoms with Crippen molar-refractivity contribution in [1.29, 1.82) is 0 Å². The molecule has 0 aromatic heterocycles. The van der Waals surface area contributed by atoms with Crippen molar-refractivity contribution in [1.82, 2.24) is 0 Å². The predicted molar refractivity (Wildman–Crippen MR) is 63.6 cm³/mol. The normalized spacial score (nSPS) is 47.5. The predicted octanol–water partition coefficient (Wildman–Crippen LogP) is 0.519. The highest BCUT2D eigenvalue weighted by Gasteiger charge is 2.78. The van der Waals surface area contributed by atoms with Crippen LogP contribution in [-0.2, 0) is 28.5 Å². The topological polar surface area (TPSA) is 63.2 Å². The van der Waals surface area contributed by atoms with Crippen LogP contribution in [0.4, 0.5) is 0 Å². The lowest BCUT2D eigenvalue weighted by atomic mass is 9.90. The Labute approximate surface area is 116 Å². The highest BCUT2D eigenvalue weighted by Crippen LogP contribution is 2.62. The number of hydrogen-bond acceptors (Lipinski definition) is 6. The summed E-state index contributed by atoms with van der Waals surface area (Å²) >= 11 is 6.60. The fourth-order valence-corrected chi connectivity index (χ4v) is 4.32. The third-order valence-corrected chi connectivity index (χ3v) is 5.22. The molecule has 19 heavy (non-hydrogen) atoms. The number of halogens is 1. The minimum Gasteiger partial charge on any atom is -0.351 e. The zero-order valence-electron chi connectivity index (χ0n) is 11.1. The SMILES string of the molecule is COC1(OC)[C@@H]2[C@H]3CO[C@]2(OC)OCC(=O)[C@]1(Cl)C3. The molecule has 3 fully saturated rings. The van der Waals surface area contributed by atoms with E-state index in [-0.39, 0.29) is 18.3 Å². The molecule has 0 aromatic carbocycles. The lowest BCUT2D eigenvalue weighted by Crippen LogP contribution is -2.60. The first-order valence-electron chi connectivity index (χ1n) is 6.15. The van der Waals surface area contributed by atoms with E-state index in [1.807, 2.05) is 0 Å².